The molecule has 1 saturated heterocycles. The van der Waals surface area contributed by atoms with E-state index in [4.69, 9.17) is 10.5 Å². The van der Waals surface area contributed by atoms with Crippen LogP contribution in [0.25, 0.3) is 0 Å². The van der Waals surface area contributed by atoms with Gasteiger partial charge in [-0.15, -0.1) is 0 Å². The third-order valence-electron chi connectivity index (χ3n) is 2.70. The number of nitrogens with two attached hydrogens (primary N) is 1. The van der Waals surface area contributed by atoms with Gasteiger partial charge in [0.1, 0.15) is 0 Å². The van der Waals surface area contributed by atoms with Crippen molar-refractivity contribution in [2.24, 2.45) is 11.7 Å². The van der Waals surface area contributed by atoms with Crippen molar-refractivity contribution < 1.29 is 9.53 Å². The number of ether oxygens (including phenoxy) is 1. The number of rotatable bonds is 4. The molecule has 4 nitrogen and oxygen atoms in total. The molecule has 0 saturated carbocycles. The average molecular weight is 200 g/mol. The quantitative estimate of drug-likeness (QED) is 0.706. The van der Waals surface area contributed by atoms with Crippen molar-refractivity contribution >= 4 is 5.91 Å². The maximum Gasteiger partial charge on any atom is 0.236 e. The van der Waals surface area contributed by atoms with E-state index in [1.54, 1.807) is 0 Å². The van der Waals surface area contributed by atoms with E-state index >= 15 is 0 Å². The van der Waals surface area contributed by atoms with Gasteiger partial charge in [0.15, 0.2) is 0 Å². The van der Waals surface area contributed by atoms with Crippen LogP contribution < -0.4 is 5.73 Å². The molecule has 0 radical (unpaired) electrons. The van der Waals surface area contributed by atoms with Gasteiger partial charge in [-0.1, -0.05) is 0 Å². The second kappa shape index (κ2) is 5.98. The van der Waals surface area contributed by atoms with Gasteiger partial charge in [0.05, 0.1) is 6.54 Å². The Labute approximate surface area is 85.4 Å². The lowest BCUT2D eigenvalue weighted by atomic mass is 9.98. The minimum atomic E-state index is 0.0693. The van der Waals surface area contributed by atoms with Crippen LogP contribution in [0.3, 0.4) is 0 Å². The first-order valence-corrected chi connectivity index (χ1v) is 5.33. The number of hydrogen-bond donors (Lipinski definition) is 1. The average Bonchev–Trinajstić information content (AvgIpc) is 2.26. The Morgan fingerprint density at radius 2 is 2.14 bits per heavy atom. The highest BCUT2D eigenvalue weighted by Gasteiger charge is 2.21. The van der Waals surface area contributed by atoms with Gasteiger partial charge in [0.25, 0.3) is 0 Å². The van der Waals surface area contributed by atoms with E-state index in [9.17, 15) is 4.79 Å². The van der Waals surface area contributed by atoms with Crippen LogP contribution in [0.2, 0.25) is 0 Å². The molecule has 0 bridgehead atoms. The maximum atomic E-state index is 11.3. The zero-order valence-electron chi connectivity index (χ0n) is 8.87. The summed E-state index contributed by atoms with van der Waals surface area (Å²) in [6.45, 7) is 5.44. The lowest BCUT2D eigenvalue weighted by Crippen LogP contribution is -2.42. The fraction of sp³-hybridized carbons (Fsp3) is 0.900. The SMILES string of the molecule is CCOCC1CCN(C(=O)CN)CC1. The number of carbonyl (C=O) groups excluding carboxylic acids is 1. The van der Waals surface area contributed by atoms with Crippen LogP contribution in [-0.2, 0) is 9.53 Å². The Bertz CT molecular complexity index is 177. The molecule has 0 aliphatic carbocycles. The van der Waals surface area contributed by atoms with E-state index in [-0.39, 0.29) is 12.5 Å². The molecule has 1 heterocycles. The van der Waals surface area contributed by atoms with Crippen LogP contribution in [-0.4, -0.2) is 43.7 Å². The van der Waals surface area contributed by atoms with Gasteiger partial charge >= 0.3 is 0 Å². The van der Waals surface area contributed by atoms with Crippen LogP contribution in [0.5, 0.6) is 0 Å². The Morgan fingerprint density at radius 3 is 2.64 bits per heavy atom. The van der Waals surface area contributed by atoms with E-state index in [2.05, 4.69) is 0 Å². The number of hydrogen-bond acceptors (Lipinski definition) is 3. The Kier molecular flexibility index (Phi) is 4.90. The van der Waals surface area contributed by atoms with Crippen LogP contribution in [0, 0.1) is 5.92 Å². The predicted molar refractivity (Wildman–Crippen MR) is 54.9 cm³/mol. The summed E-state index contributed by atoms with van der Waals surface area (Å²) in [5.41, 5.74) is 5.30. The lowest BCUT2D eigenvalue weighted by molar-refractivity contribution is -0.131. The molecule has 0 unspecified atom stereocenters. The van der Waals surface area contributed by atoms with Gasteiger partial charge in [0.2, 0.25) is 5.91 Å². The van der Waals surface area contributed by atoms with Crippen LogP contribution in [0.4, 0.5) is 0 Å². The molecule has 0 atom stereocenters. The molecule has 1 fully saturated rings. The fourth-order valence-corrected chi connectivity index (χ4v) is 1.76. The summed E-state index contributed by atoms with van der Waals surface area (Å²) < 4.78 is 5.37. The highest BCUT2D eigenvalue weighted by atomic mass is 16.5. The number of nitrogens with zero attached hydrogens (tertiary/aromatic N) is 1. The largest absolute Gasteiger partial charge is 0.381 e. The maximum absolute atomic E-state index is 11.3. The van der Waals surface area contributed by atoms with Crippen LogP contribution in [0.1, 0.15) is 19.8 Å². The van der Waals surface area contributed by atoms with E-state index in [1.165, 1.54) is 0 Å². The second-order valence-electron chi connectivity index (χ2n) is 3.69. The second-order valence-corrected chi connectivity index (χ2v) is 3.69. The number of carbonyl (C=O) groups is 1. The number of amides is 1. The molecule has 4 heteroatoms. The first-order valence-electron chi connectivity index (χ1n) is 5.33. The first-order chi connectivity index (χ1) is 6.77. The highest BCUT2D eigenvalue weighted by Crippen LogP contribution is 2.17. The summed E-state index contributed by atoms with van der Waals surface area (Å²) in [6.07, 6.45) is 2.09. The topological polar surface area (TPSA) is 55.6 Å². The molecule has 1 amide bonds. The van der Waals surface area contributed by atoms with Crippen molar-refractivity contribution in [3.05, 3.63) is 0 Å². The van der Waals surface area contributed by atoms with E-state index in [0.717, 1.165) is 39.1 Å². The number of likely N-dealkylation sites (tertiary alicyclic amines) is 1. The van der Waals surface area contributed by atoms with Gasteiger partial charge < -0.3 is 15.4 Å². The predicted octanol–water partition coefficient (Wildman–Crippen LogP) is 0.220. The Balaban J connectivity index is 2.20. The van der Waals surface area contributed by atoms with Crippen molar-refractivity contribution in [1.82, 2.24) is 4.90 Å². The Hall–Kier alpha value is -0.610. The van der Waals surface area contributed by atoms with Gasteiger partial charge in [-0.25, -0.2) is 0 Å². The molecule has 2 N–H and O–H groups in total. The van der Waals surface area contributed by atoms with E-state index in [0.29, 0.717) is 5.92 Å². The van der Waals surface area contributed by atoms with Crippen LogP contribution in [0.15, 0.2) is 0 Å². The molecule has 82 valence electrons. The highest BCUT2D eigenvalue weighted by molar-refractivity contribution is 5.78. The summed E-state index contributed by atoms with van der Waals surface area (Å²) in [4.78, 5) is 13.1. The molecular formula is C10H20N2O2. The molecule has 0 aromatic heterocycles. The summed E-state index contributed by atoms with van der Waals surface area (Å²) in [5, 5.41) is 0. The van der Waals surface area contributed by atoms with Crippen molar-refractivity contribution in [3.8, 4) is 0 Å². The molecule has 1 aliphatic rings. The molecule has 1 aliphatic heterocycles. The van der Waals surface area contributed by atoms with Crippen LogP contribution >= 0.6 is 0 Å². The van der Waals surface area contributed by atoms with Crippen molar-refractivity contribution in [3.63, 3.8) is 0 Å². The monoisotopic (exact) mass is 200 g/mol. The minimum Gasteiger partial charge on any atom is -0.381 e. The van der Waals surface area contributed by atoms with Crippen molar-refractivity contribution in [1.29, 1.82) is 0 Å². The normalized spacial score (nSPS) is 18.6. The summed E-state index contributed by atoms with van der Waals surface area (Å²) in [5.74, 6) is 0.691. The van der Waals surface area contributed by atoms with E-state index < -0.39 is 0 Å². The standard InChI is InChI=1S/C10H20N2O2/c1-2-14-8-9-3-5-12(6-4-9)10(13)7-11/h9H,2-8,11H2,1H3. The summed E-state index contributed by atoms with van der Waals surface area (Å²) in [6, 6.07) is 0. The third kappa shape index (κ3) is 3.27. The molecule has 14 heavy (non-hydrogen) atoms. The fourth-order valence-electron chi connectivity index (χ4n) is 1.76. The van der Waals surface area contributed by atoms with Crippen molar-refractivity contribution in [2.75, 3.05) is 32.8 Å². The van der Waals surface area contributed by atoms with Crippen molar-refractivity contribution in [2.45, 2.75) is 19.8 Å². The first kappa shape index (κ1) is 11.5. The summed E-state index contributed by atoms with van der Waals surface area (Å²) in [7, 11) is 0. The van der Waals surface area contributed by atoms with Gasteiger partial charge in [-0.05, 0) is 25.7 Å². The minimum absolute atomic E-state index is 0.0693. The zero-order chi connectivity index (χ0) is 10.4. The molecule has 1 rings (SSSR count). The lowest BCUT2D eigenvalue weighted by Gasteiger charge is -2.31. The molecule has 0 spiro atoms. The molecular weight excluding hydrogens is 180 g/mol. The van der Waals surface area contributed by atoms with Gasteiger partial charge in [-0.2, -0.15) is 0 Å². The molecule has 0 aromatic rings. The van der Waals surface area contributed by atoms with Gasteiger partial charge in [-0.3, -0.25) is 4.79 Å². The number of piperidine rings is 1. The smallest absolute Gasteiger partial charge is 0.236 e. The molecule has 0 aromatic carbocycles. The van der Waals surface area contributed by atoms with Gasteiger partial charge in [0, 0.05) is 26.3 Å². The summed E-state index contributed by atoms with van der Waals surface area (Å²) >= 11 is 0. The van der Waals surface area contributed by atoms with E-state index in [1.807, 2.05) is 11.8 Å². The Morgan fingerprint density at radius 1 is 1.50 bits per heavy atom. The third-order valence-corrected chi connectivity index (χ3v) is 2.70. The zero-order valence-corrected chi connectivity index (χ0v) is 8.87.